The van der Waals surface area contributed by atoms with Gasteiger partial charge in [-0.05, 0) is 26.2 Å². The number of hydrogen-bond donors (Lipinski definition) is 2. The van der Waals surface area contributed by atoms with Crippen LogP contribution < -0.4 is 5.32 Å². The van der Waals surface area contributed by atoms with Crippen LogP contribution in [0.2, 0.25) is 0 Å². The lowest BCUT2D eigenvalue weighted by Crippen LogP contribution is -2.62. The van der Waals surface area contributed by atoms with Crippen molar-refractivity contribution in [2.75, 3.05) is 13.2 Å². The molecule has 2 aliphatic carbocycles. The van der Waals surface area contributed by atoms with Crippen molar-refractivity contribution in [3.05, 3.63) is 0 Å². The monoisotopic (exact) mass is 269 g/mol. The summed E-state index contributed by atoms with van der Waals surface area (Å²) < 4.78 is 5.76. The van der Waals surface area contributed by atoms with Crippen LogP contribution in [0.3, 0.4) is 0 Å². The second-order valence-corrected chi connectivity index (χ2v) is 7.07. The molecule has 2 unspecified atom stereocenters. The van der Waals surface area contributed by atoms with Gasteiger partial charge in [0.05, 0.1) is 11.7 Å². The van der Waals surface area contributed by atoms with Gasteiger partial charge in [-0.25, -0.2) is 0 Å². The van der Waals surface area contributed by atoms with Crippen LogP contribution in [0.15, 0.2) is 0 Å². The van der Waals surface area contributed by atoms with Gasteiger partial charge in [-0.2, -0.15) is 0 Å². The summed E-state index contributed by atoms with van der Waals surface area (Å²) in [5.74, 6) is 0. The highest BCUT2D eigenvalue weighted by Crippen LogP contribution is 2.43. The van der Waals surface area contributed by atoms with Crippen molar-refractivity contribution in [1.82, 2.24) is 5.32 Å². The Morgan fingerprint density at radius 2 is 1.79 bits per heavy atom. The third-order valence-corrected chi connectivity index (χ3v) is 5.26. The van der Waals surface area contributed by atoms with Gasteiger partial charge in [0.2, 0.25) is 0 Å². The smallest absolute Gasteiger partial charge is 0.0771 e. The average Bonchev–Trinajstić information content (AvgIpc) is 2.58. The standard InChI is InChI=1S/C16H31NO2/c1-4-19-14-11-13(15(14,2)3)17-12-16(18)9-7-5-6-8-10-16/h13-14,17-18H,4-12H2,1-3H3. The predicted molar refractivity (Wildman–Crippen MR) is 78.3 cm³/mol. The third-order valence-electron chi connectivity index (χ3n) is 5.26. The van der Waals surface area contributed by atoms with E-state index < -0.39 is 5.60 Å². The van der Waals surface area contributed by atoms with Gasteiger partial charge in [0.1, 0.15) is 0 Å². The zero-order valence-electron chi connectivity index (χ0n) is 12.9. The van der Waals surface area contributed by atoms with E-state index in [1.54, 1.807) is 0 Å². The highest BCUT2D eigenvalue weighted by molar-refractivity contribution is 5.03. The summed E-state index contributed by atoms with van der Waals surface area (Å²) in [5.41, 5.74) is -0.277. The molecule has 0 saturated heterocycles. The van der Waals surface area contributed by atoms with Crippen LogP contribution >= 0.6 is 0 Å². The molecule has 0 aromatic rings. The number of ether oxygens (including phenoxy) is 1. The molecule has 0 radical (unpaired) electrons. The van der Waals surface area contributed by atoms with Crippen LogP contribution in [0.25, 0.3) is 0 Å². The molecule has 2 rings (SSSR count). The highest BCUT2D eigenvalue weighted by atomic mass is 16.5. The molecule has 0 heterocycles. The number of aliphatic hydroxyl groups is 1. The van der Waals surface area contributed by atoms with Gasteiger partial charge in [-0.3, -0.25) is 0 Å². The Balaban J connectivity index is 1.79. The van der Waals surface area contributed by atoms with Gasteiger partial charge in [-0.1, -0.05) is 39.5 Å². The highest BCUT2D eigenvalue weighted by Gasteiger charge is 2.49. The molecule has 0 spiro atoms. The Morgan fingerprint density at radius 1 is 1.16 bits per heavy atom. The molecular formula is C16H31NO2. The molecular weight excluding hydrogens is 238 g/mol. The van der Waals surface area contributed by atoms with Crippen molar-refractivity contribution in [2.24, 2.45) is 5.41 Å². The van der Waals surface area contributed by atoms with Crippen molar-refractivity contribution in [1.29, 1.82) is 0 Å². The van der Waals surface area contributed by atoms with E-state index in [1.807, 2.05) is 0 Å². The molecule has 0 amide bonds. The third kappa shape index (κ3) is 3.50. The molecule has 2 N–H and O–H groups in total. The molecule has 2 atom stereocenters. The Kier molecular flexibility index (Phi) is 4.91. The molecule has 0 aliphatic heterocycles. The first-order valence-corrected chi connectivity index (χ1v) is 8.05. The summed E-state index contributed by atoms with van der Waals surface area (Å²) in [6, 6.07) is 0.483. The minimum Gasteiger partial charge on any atom is -0.389 e. The molecule has 0 aromatic heterocycles. The average molecular weight is 269 g/mol. The van der Waals surface area contributed by atoms with E-state index in [1.165, 1.54) is 25.7 Å². The minimum atomic E-state index is -0.469. The minimum absolute atomic E-state index is 0.192. The summed E-state index contributed by atoms with van der Waals surface area (Å²) in [6.45, 7) is 8.15. The van der Waals surface area contributed by atoms with Crippen molar-refractivity contribution in [2.45, 2.75) is 83.5 Å². The second kappa shape index (κ2) is 6.11. The summed E-state index contributed by atoms with van der Waals surface area (Å²) in [4.78, 5) is 0. The van der Waals surface area contributed by atoms with Crippen LogP contribution in [0.1, 0.15) is 65.7 Å². The van der Waals surface area contributed by atoms with Crippen LogP contribution in [-0.4, -0.2) is 36.0 Å². The van der Waals surface area contributed by atoms with Gasteiger partial charge < -0.3 is 15.2 Å². The number of nitrogens with one attached hydrogen (secondary N) is 1. The SMILES string of the molecule is CCOC1CC(NCC2(O)CCCCCC2)C1(C)C. The van der Waals surface area contributed by atoms with Crippen molar-refractivity contribution < 1.29 is 9.84 Å². The van der Waals surface area contributed by atoms with E-state index in [0.717, 1.165) is 32.4 Å². The lowest BCUT2D eigenvalue weighted by atomic mass is 9.64. The largest absolute Gasteiger partial charge is 0.389 e. The summed E-state index contributed by atoms with van der Waals surface area (Å²) in [5, 5.41) is 14.3. The number of hydrogen-bond acceptors (Lipinski definition) is 3. The first-order valence-electron chi connectivity index (χ1n) is 8.05. The van der Waals surface area contributed by atoms with E-state index in [2.05, 4.69) is 26.1 Å². The Hall–Kier alpha value is -0.120. The number of rotatable bonds is 5. The molecule has 3 heteroatoms. The van der Waals surface area contributed by atoms with E-state index in [0.29, 0.717) is 12.1 Å². The first kappa shape index (κ1) is 15.3. The van der Waals surface area contributed by atoms with E-state index in [9.17, 15) is 5.11 Å². The van der Waals surface area contributed by atoms with Crippen LogP contribution in [0.5, 0.6) is 0 Å². The van der Waals surface area contributed by atoms with E-state index in [-0.39, 0.29) is 5.41 Å². The Labute approximate surface area is 118 Å². The Morgan fingerprint density at radius 3 is 2.32 bits per heavy atom. The van der Waals surface area contributed by atoms with Crippen molar-refractivity contribution in [3.8, 4) is 0 Å². The maximum absolute atomic E-state index is 10.7. The normalized spacial score (nSPS) is 33.5. The van der Waals surface area contributed by atoms with Crippen LogP contribution in [-0.2, 0) is 4.74 Å². The fraction of sp³-hybridized carbons (Fsp3) is 1.00. The zero-order valence-corrected chi connectivity index (χ0v) is 12.9. The van der Waals surface area contributed by atoms with Crippen LogP contribution in [0.4, 0.5) is 0 Å². The molecule has 0 aromatic carbocycles. The summed E-state index contributed by atoms with van der Waals surface area (Å²) >= 11 is 0. The van der Waals surface area contributed by atoms with Crippen molar-refractivity contribution >= 4 is 0 Å². The van der Waals surface area contributed by atoms with E-state index >= 15 is 0 Å². The fourth-order valence-electron chi connectivity index (χ4n) is 3.59. The molecule has 19 heavy (non-hydrogen) atoms. The van der Waals surface area contributed by atoms with Crippen LogP contribution in [0, 0.1) is 5.41 Å². The zero-order chi connectivity index (χ0) is 13.9. The quantitative estimate of drug-likeness (QED) is 0.754. The predicted octanol–water partition coefficient (Wildman–Crippen LogP) is 2.86. The maximum Gasteiger partial charge on any atom is 0.0771 e. The molecule has 2 saturated carbocycles. The van der Waals surface area contributed by atoms with Gasteiger partial charge in [-0.15, -0.1) is 0 Å². The van der Waals surface area contributed by atoms with E-state index in [4.69, 9.17) is 4.74 Å². The molecule has 3 nitrogen and oxygen atoms in total. The van der Waals surface area contributed by atoms with Gasteiger partial charge in [0.25, 0.3) is 0 Å². The van der Waals surface area contributed by atoms with Crippen molar-refractivity contribution in [3.63, 3.8) is 0 Å². The van der Waals surface area contributed by atoms with Gasteiger partial charge >= 0.3 is 0 Å². The molecule has 2 fully saturated rings. The maximum atomic E-state index is 10.7. The molecule has 2 aliphatic rings. The summed E-state index contributed by atoms with van der Waals surface area (Å²) in [7, 11) is 0. The molecule has 0 bridgehead atoms. The fourth-order valence-corrected chi connectivity index (χ4v) is 3.59. The Bertz CT molecular complexity index is 282. The summed E-state index contributed by atoms with van der Waals surface area (Å²) in [6.07, 6.45) is 8.29. The molecule has 112 valence electrons. The van der Waals surface area contributed by atoms with Gasteiger partial charge in [0, 0.05) is 24.6 Å². The lowest BCUT2D eigenvalue weighted by Gasteiger charge is -2.52. The first-order chi connectivity index (χ1) is 8.98. The van der Waals surface area contributed by atoms with Gasteiger partial charge in [0.15, 0.2) is 0 Å². The lowest BCUT2D eigenvalue weighted by molar-refractivity contribution is -0.118. The topological polar surface area (TPSA) is 41.5 Å². The second-order valence-electron chi connectivity index (χ2n) is 7.07.